The van der Waals surface area contributed by atoms with E-state index in [2.05, 4.69) is 11.8 Å². The second kappa shape index (κ2) is 12.5. The van der Waals surface area contributed by atoms with E-state index in [1.807, 2.05) is 0 Å². The van der Waals surface area contributed by atoms with E-state index in [0.29, 0.717) is 13.0 Å². The summed E-state index contributed by atoms with van der Waals surface area (Å²) >= 11 is 0. The highest BCUT2D eigenvalue weighted by Crippen LogP contribution is 2.08. The van der Waals surface area contributed by atoms with Gasteiger partial charge in [-0.3, -0.25) is 4.89 Å². The van der Waals surface area contributed by atoms with E-state index < -0.39 is 0 Å². The van der Waals surface area contributed by atoms with Gasteiger partial charge in [-0.05, 0) is 6.42 Å². The van der Waals surface area contributed by atoms with Gasteiger partial charge in [-0.1, -0.05) is 58.8 Å². The van der Waals surface area contributed by atoms with Crippen molar-refractivity contribution in [3.63, 3.8) is 0 Å². The Morgan fingerprint density at radius 1 is 0.875 bits per heavy atom. The van der Waals surface area contributed by atoms with Gasteiger partial charge < -0.3 is 0 Å². The summed E-state index contributed by atoms with van der Waals surface area (Å²) in [6, 6.07) is 0. The number of carbonyl (C=O) groups is 1. The van der Waals surface area contributed by atoms with Crippen LogP contribution in [0.15, 0.2) is 0 Å². The Morgan fingerprint density at radius 3 is 2.00 bits per heavy atom. The van der Waals surface area contributed by atoms with Crippen molar-refractivity contribution >= 4 is 5.97 Å². The fourth-order valence-corrected chi connectivity index (χ4v) is 1.46. The summed E-state index contributed by atoms with van der Waals surface area (Å²) < 4.78 is 0. The normalized spacial score (nSPS) is 10.4. The maximum Gasteiger partial charge on any atom is 0.342 e. The van der Waals surface area contributed by atoms with Gasteiger partial charge >= 0.3 is 5.97 Å². The summed E-state index contributed by atoms with van der Waals surface area (Å²) in [5, 5.41) is 0. The topological polar surface area (TPSA) is 35.5 Å². The van der Waals surface area contributed by atoms with E-state index in [0.717, 1.165) is 12.8 Å². The lowest BCUT2D eigenvalue weighted by molar-refractivity contribution is -0.272. The van der Waals surface area contributed by atoms with Crippen LogP contribution in [0.3, 0.4) is 0 Å². The summed E-state index contributed by atoms with van der Waals surface area (Å²) in [7, 11) is 0. The Bertz CT molecular complexity index is 157. The molecule has 0 N–H and O–H groups in total. The van der Waals surface area contributed by atoms with E-state index in [-0.39, 0.29) is 5.97 Å². The molecule has 0 bridgehead atoms. The minimum absolute atomic E-state index is 0.292. The zero-order chi connectivity index (χ0) is 12.1. The number of hydrogen-bond acceptors (Lipinski definition) is 3. The van der Waals surface area contributed by atoms with E-state index in [9.17, 15) is 4.79 Å². The molecule has 0 fully saturated rings. The van der Waals surface area contributed by atoms with Crippen LogP contribution < -0.4 is 0 Å². The second-order valence-electron chi connectivity index (χ2n) is 4.11. The molecule has 3 nitrogen and oxygen atoms in total. The molecule has 0 atom stereocenters. The summed E-state index contributed by atoms with van der Waals surface area (Å²) in [6.45, 7) is 4.51. The third-order valence-electron chi connectivity index (χ3n) is 2.52. The molecule has 0 aliphatic rings. The average Bonchev–Trinajstić information content (AvgIpc) is 2.31. The Hall–Kier alpha value is -0.570. The lowest BCUT2D eigenvalue weighted by atomic mass is 10.1. The Balaban J connectivity index is 2.96. The van der Waals surface area contributed by atoms with Crippen LogP contribution in [0.2, 0.25) is 0 Å². The fraction of sp³-hybridized carbons (Fsp3) is 0.923. The predicted molar refractivity (Wildman–Crippen MR) is 64.9 cm³/mol. The standard InChI is InChI=1S/C13H26O3/c1-3-5-6-7-8-9-10-11-12-15-16-13(14)4-2/h3-12H2,1-2H3. The summed E-state index contributed by atoms with van der Waals surface area (Å²) in [5.41, 5.74) is 0. The number of hydrogen-bond donors (Lipinski definition) is 0. The van der Waals surface area contributed by atoms with Crippen molar-refractivity contribution < 1.29 is 14.6 Å². The quantitative estimate of drug-likeness (QED) is 0.305. The molecular formula is C13H26O3. The third-order valence-corrected chi connectivity index (χ3v) is 2.52. The maximum absolute atomic E-state index is 10.7. The van der Waals surface area contributed by atoms with Crippen LogP contribution >= 0.6 is 0 Å². The Morgan fingerprint density at radius 2 is 1.44 bits per heavy atom. The van der Waals surface area contributed by atoms with Crippen LogP contribution in [0.5, 0.6) is 0 Å². The highest BCUT2D eigenvalue weighted by Gasteiger charge is 1.98. The zero-order valence-electron chi connectivity index (χ0n) is 10.8. The number of unbranched alkanes of at least 4 members (excludes halogenated alkanes) is 7. The van der Waals surface area contributed by atoms with Gasteiger partial charge in [-0.2, -0.15) is 4.89 Å². The summed E-state index contributed by atoms with van der Waals surface area (Å²) in [4.78, 5) is 20.0. The highest BCUT2D eigenvalue weighted by molar-refractivity contribution is 5.68. The van der Waals surface area contributed by atoms with Crippen LogP contribution in [-0.2, 0) is 14.6 Å². The van der Waals surface area contributed by atoms with Gasteiger partial charge in [-0.15, -0.1) is 0 Å². The molecule has 0 amide bonds. The second-order valence-corrected chi connectivity index (χ2v) is 4.11. The minimum atomic E-state index is -0.292. The van der Waals surface area contributed by atoms with Crippen LogP contribution in [0.25, 0.3) is 0 Å². The van der Waals surface area contributed by atoms with Crippen LogP contribution in [0.1, 0.15) is 71.6 Å². The van der Waals surface area contributed by atoms with Gasteiger partial charge in [0.25, 0.3) is 0 Å². The SMILES string of the molecule is CCCCCCCCCCOOC(=O)CC. The van der Waals surface area contributed by atoms with E-state index in [1.54, 1.807) is 6.92 Å². The van der Waals surface area contributed by atoms with Gasteiger partial charge in [-0.25, -0.2) is 4.79 Å². The van der Waals surface area contributed by atoms with E-state index in [4.69, 9.17) is 4.89 Å². The molecule has 96 valence electrons. The number of carbonyl (C=O) groups excluding carboxylic acids is 1. The van der Waals surface area contributed by atoms with Gasteiger partial charge in [0, 0.05) is 6.42 Å². The molecular weight excluding hydrogens is 204 g/mol. The molecule has 0 aromatic heterocycles. The molecule has 0 saturated heterocycles. The molecule has 16 heavy (non-hydrogen) atoms. The maximum atomic E-state index is 10.7. The molecule has 0 aliphatic heterocycles. The van der Waals surface area contributed by atoms with Crippen LogP contribution in [-0.4, -0.2) is 12.6 Å². The smallest absolute Gasteiger partial charge is 0.298 e. The van der Waals surface area contributed by atoms with Crippen molar-refractivity contribution in [1.82, 2.24) is 0 Å². The van der Waals surface area contributed by atoms with Crippen molar-refractivity contribution in [3.8, 4) is 0 Å². The van der Waals surface area contributed by atoms with Crippen molar-refractivity contribution in [2.45, 2.75) is 71.6 Å². The van der Waals surface area contributed by atoms with E-state index >= 15 is 0 Å². The molecule has 0 aliphatic carbocycles. The van der Waals surface area contributed by atoms with Gasteiger partial charge in [0.1, 0.15) is 0 Å². The largest absolute Gasteiger partial charge is 0.342 e. The first kappa shape index (κ1) is 15.4. The first-order valence-corrected chi connectivity index (χ1v) is 6.63. The first-order chi connectivity index (χ1) is 7.81. The van der Waals surface area contributed by atoms with Crippen molar-refractivity contribution in [1.29, 1.82) is 0 Å². The van der Waals surface area contributed by atoms with E-state index in [1.165, 1.54) is 38.5 Å². The minimum Gasteiger partial charge on any atom is -0.298 e. The highest BCUT2D eigenvalue weighted by atomic mass is 17.2. The summed E-state index contributed by atoms with van der Waals surface area (Å²) in [6.07, 6.45) is 10.5. The Labute approximate surface area is 99.4 Å². The fourth-order valence-electron chi connectivity index (χ4n) is 1.46. The lowest BCUT2D eigenvalue weighted by Gasteiger charge is -2.02. The van der Waals surface area contributed by atoms with Crippen molar-refractivity contribution in [2.75, 3.05) is 6.61 Å². The average molecular weight is 230 g/mol. The zero-order valence-corrected chi connectivity index (χ0v) is 10.8. The third kappa shape index (κ3) is 11.5. The molecule has 0 spiro atoms. The van der Waals surface area contributed by atoms with Crippen molar-refractivity contribution in [3.05, 3.63) is 0 Å². The van der Waals surface area contributed by atoms with Gasteiger partial charge in [0.2, 0.25) is 0 Å². The number of rotatable bonds is 11. The van der Waals surface area contributed by atoms with Crippen LogP contribution in [0.4, 0.5) is 0 Å². The molecule has 0 unspecified atom stereocenters. The van der Waals surface area contributed by atoms with Crippen molar-refractivity contribution in [2.24, 2.45) is 0 Å². The predicted octanol–water partition coefficient (Wildman–Crippen LogP) is 4.01. The summed E-state index contributed by atoms with van der Waals surface area (Å²) in [5.74, 6) is -0.292. The molecule has 0 rings (SSSR count). The molecule has 0 aromatic rings. The molecule has 0 saturated carbocycles. The van der Waals surface area contributed by atoms with Gasteiger partial charge in [0.15, 0.2) is 0 Å². The van der Waals surface area contributed by atoms with Gasteiger partial charge in [0.05, 0.1) is 6.61 Å². The molecule has 0 aromatic carbocycles. The molecule has 0 heterocycles. The Kier molecular flexibility index (Phi) is 12.1. The van der Waals surface area contributed by atoms with Crippen LogP contribution in [0, 0.1) is 0 Å². The lowest BCUT2D eigenvalue weighted by Crippen LogP contribution is -2.04. The molecule has 0 radical (unpaired) electrons. The monoisotopic (exact) mass is 230 g/mol. The first-order valence-electron chi connectivity index (χ1n) is 6.63. The molecule has 3 heteroatoms.